The van der Waals surface area contributed by atoms with Crippen LogP contribution in [0, 0.1) is 0 Å². The maximum atomic E-state index is 11.6. The lowest BCUT2D eigenvalue weighted by Gasteiger charge is -2.35. The average molecular weight is 295 g/mol. The van der Waals surface area contributed by atoms with Gasteiger partial charge < -0.3 is 9.80 Å². The van der Waals surface area contributed by atoms with Gasteiger partial charge in [-0.25, -0.2) is 9.97 Å². The van der Waals surface area contributed by atoms with Gasteiger partial charge in [0.25, 0.3) is 0 Å². The van der Waals surface area contributed by atoms with Gasteiger partial charge in [0.05, 0.1) is 11.6 Å². The van der Waals surface area contributed by atoms with E-state index < -0.39 is 0 Å². The summed E-state index contributed by atoms with van der Waals surface area (Å²) in [6.07, 6.45) is 3.33. The zero-order chi connectivity index (χ0) is 14.1. The van der Waals surface area contributed by atoms with Gasteiger partial charge in [0.1, 0.15) is 18.0 Å². The molecule has 3 rings (SSSR count). The lowest BCUT2D eigenvalue weighted by molar-refractivity contribution is -0.128. The van der Waals surface area contributed by atoms with E-state index in [9.17, 15) is 4.79 Å². The van der Waals surface area contributed by atoms with E-state index in [1.807, 2.05) is 7.05 Å². The molecule has 1 amide bonds. The van der Waals surface area contributed by atoms with Gasteiger partial charge in [-0.15, -0.1) is 11.6 Å². The molecule has 0 atom stereocenters. The Kier molecular flexibility index (Phi) is 3.43. The van der Waals surface area contributed by atoms with E-state index in [-0.39, 0.29) is 11.8 Å². The molecule has 1 aliphatic heterocycles. The van der Waals surface area contributed by atoms with Crippen LogP contribution in [-0.2, 0) is 11.8 Å². The number of alkyl halides is 1. The molecule has 106 valence electrons. The van der Waals surface area contributed by atoms with Crippen LogP contribution in [0.5, 0.6) is 0 Å². The van der Waals surface area contributed by atoms with Gasteiger partial charge in [-0.3, -0.25) is 9.48 Å². The zero-order valence-corrected chi connectivity index (χ0v) is 11.9. The van der Waals surface area contributed by atoms with Crippen molar-refractivity contribution >= 4 is 34.4 Å². The summed E-state index contributed by atoms with van der Waals surface area (Å²) in [4.78, 5) is 24.1. The van der Waals surface area contributed by atoms with Crippen LogP contribution in [-0.4, -0.2) is 62.6 Å². The number of hydrogen-bond donors (Lipinski definition) is 0. The SMILES string of the molecule is Cn1ncc2c(N3CCN(C(=O)CCl)CC3)ncnc21. The topological polar surface area (TPSA) is 67.2 Å². The monoisotopic (exact) mass is 294 g/mol. The summed E-state index contributed by atoms with van der Waals surface area (Å²) in [6, 6.07) is 0. The van der Waals surface area contributed by atoms with Crippen molar-refractivity contribution in [1.29, 1.82) is 0 Å². The fraction of sp³-hybridized carbons (Fsp3) is 0.500. The molecule has 8 heteroatoms. The van der Waals surface area contributed by atoms with E-state index in [1.54, 1.807) is 22.1 Å². The molecule has 0 aromatic carbocycles. The number of aryl methyl sites for hydroxylation is 1. The van der Waals surface area contributed by atoms with Gasteiger partial charge in [-0.2, -0.15) is 5.10 Å². The Balaban J connectivity index is 1.82. The molecule has 0 radical (unpaired) electrons. The molecular formula is C12H15ClN6O. The molecule has 7 nitrogen and oxygen atoms in total. The molecule has 3 heterocycles. The Morgan fingerprint density at radius 2 is 2.05 bits per heavy atom. The van der Waals surface area contributed by atoms with Crippen LogP contribution in [0.25, 0.3) is 11.0 Å². The summed E-state index contributed by atoms with van der Waals surface area (Å²) in [7, 11) is 1.86. The fourth-order valence-electron chi connectivity index (χ4n) is 2.45. The number of carbonyl (C=O) groups excluding carboxylic acids is 1. The quantitative estimate of drug-likeness (QED) is 0.743. The number of fused-ring (bicyclic) bond motifs is 1. The van der Waals surface area contributed by atoms with Crippen molar-refractivity contribution in [2.75, 3.05) is 37.0 Å². The number of piperazine rings is 1. The lowest BCUT2D eigenvalue weighted by atomic mass is 10.3. The molecule has 0 aliphatic carbocycles. The van der Waals surface area contributed by atoms with E-state index in [0.29, 0.717) is 13.1 Å². The molecule has 0 saturated carbocycles. The molecule has 1 aliphatic rings. The second-order valence-corrected chi connectivity index (χ2v) is 4.97. The number of anilines is 1. The predicted octanol–water partition coefficient (Wildman–Crippen LogP) is 0.251. The maximum absolute atomic E-state index is 11.6. The van der Waals surface area contributed by atoms with Crippen LogP contribution in [0.4, 0.5) is 5.82 Å². The third kappa shape index (κ3) is 2.18. The largest absolute Gasteiger partial charge is 0.352 e. The molecule has 0 bridgehead atoms. The first-order valence-corrected chi connectivity index (χ1v) is 6.95. The third-order valence-electron chi connectivity index (χ3n) is 3.55. The minimum atomic E-state index is -0.0134. The lowest BCUT2D eigenvalue weighted by Crippen LogP contribution is -2.49. The summed E-state index contributed by atoms with van der Waals surface area (Å²) in [5, 5.41) is 5.15. The Morgan fingerprint density at radius 3 is 2.75 bits per heavy atom. The number of amides is 1. The van der Waals surface area contributed by atoms with Crippen LogP contribution in [0.15, 0.2) is 12.5 Å². The van der Waals surface area contributed by atoms with Crippen molar-refractivity contribution in [1.82, 2.24) is 24.6 Å². The number of halogens is 1. The Labute approximate surface area is 121 Å². The van der Waals surface area contributed by atoms with E-state index in [1.165, 1.54) is 0 Å². The smallest absolute Gasteiger partial charge is 0.237 e. The van der Waals surface area contributed by atoms with E-state index in [0.717, 1.165) is 29.9 Å². The highest BCUT2D eigenvalue weighted by Gasteiger charge is 2.23. The van der Waals surface area contributed by atoms with Crippen molar-refractivity contribution in [3.63, 3.8) is 0 Å². The first kappa shape index (κ1) is 13.1. The van der Waals surface area contributed by atoms with Crippen LogP contribution in [0.3, 0.4) is 0 Å². The van der Waals surface area contributed by atoms with Crippen molar-refractivity contribution < 1.29 is 4.79 Å². The van der Waals surface area contributed by atoms with Gasteiger partial charge in [0.15, 0.2) is 5.65 Å². The molecule has 1 fully saturated rings. The zero-order valence-electron chi connectivity index (χ0n) is 11.2. The van der Waals surface area contributed by atoms with Gasteiger partial charge in [-0.1, -0.05) is 0 Å². The van der Waals surface area contributed by atoms with Crippen LogP contribution in [0.2, 0.25) is 0 Å². The van der Waals surface area contributed by atoms with Gasteiger partial charge in [-0.05, 0) is 0 Å². The van der Waals surface area contributed by atoms with Crippen molar-refractivity contribution in [3.8, 4) is 0 Å². The molecule has 2 aromatic rings. The summed E-state index contributed by atoms with van der Waals surface area (Å²) in [6.45, 7) is 2.81. The normalized spacial score (nSPS) is 15.9. The summed E-state index contributed by atoms with van der Waals surface area (Å²) in [5.74, 6) is 0.905. The average Bonchev–Trinajstić information content (AvgIpc) is 2.88. The fourth-order valence-corrected chi connectivity index (χ4v) is 2.62. The maximum Gasteiger partial charge on any atom is 0.237 e. The highest BCUT2D eigenvalue weighted by Crippen LogP contribution is 2.23. The van der Waals surface area contributed by atoms with E-state index >= 15 is 0 Å². The number of aromatic nitrogens is 4. The molecular weight excluding hydrogens is 280 g/mol. The molecule has 20 heavy (non-hydrogen) atoms. The van der Waals surface area contributed by atoms with Crippen LogP contribution in [0.1, 0.15) is 0 Å². The van der Waals surface area contributed by atoms with Crippen molar-refractivity contribution in [3.05, 3.63) is 12.5 Å². The minimum Gasteiger partial charge on any atom is -0.352 e. The first-order chi connectivity index (χ1) is 9.70. The summed E-state index contributed by atoms with van der Waals surface area (Å²) >= 11 is 5.58. The molecule has 2 aromatic heterocycles. The summed E-state index contributed by atoms with van der Waals surface area (Å²) < 4.78 is 1.73. The molecule has 0 spiro atoms. The standard InChI is InChI=1S/C12H15ClN6O/c1-17-11-9(7-16-17)12(15-8-14-11)19-4-2-18(3-5-19)10(20)6-13/h7-8H,2-6H2,1H3. The second kappa shape index (κ2) is 5.24. The second-order valence-electron chi connectivity index (χ2n) is 4.70. The molecule has 0 unspecified atom stereocenters. The Bertz CT molecular complexity index is 634. The predicted molar refractivity (Wildman–Crippen MR) is 75.8 cm³/mol. The number of hydrogen-bond acceptors (Lipinski definition) is 5. The third-order valence-corrected chi connectivity index (χ3v) is 3.78. The molecule has 0 N–H and O–H groups in total. The highest BCUT2D eigenvalue weighted by atomic mass is 35.5. The first-order valence-electron chi connectivity index (χ1n) is 6.42. The van der Waals surface area contributed by atoms with E-state index in [4.69, 9.17) is 11.6 Å². The molecule has 1 saturated heterocycles. The van der Waals surface area contributed by atoms with Crippen molar-refractivity contribution in [2.45, 2.75) is 0 Å². The Hall–Kier alpha value is -1.89. The number of rotatable bonds is 2. The van der Waals surface area contributed by atoms with Gasteiger partial charge in [0.2, 0.25) is 5.91 Å². The van der Waals surface area contributed by atoms with E-state index in [2.05, 4.69) is 20.0 Å². The van der Waals surface area contributed by atoms with Crippen molar-refractivity contribution in [2.24, 2.45) is 7.05 Å². The number of nitrogens with zero attached hydrogens (tertiary/aromatic N) is 6. The number of carbonyl (C=O) groups is 1. The van der Waals surface area contributed by atoms with Crippen LogP contribution >= 0.6 is 11.6 Å². The minimum absolute atomic E-state index is 0.0134. The van der Waals surface area contributed by atoms with Crippen LogP contribution < -0.4 is 4.90 Å². The summed E-state index contributed by atoms with van der Waals surface area (Å²) in [5.41, 5.74) is 0.814. The van der Waals surface area contributed by atoms with Gasteiger partial charge in [0, 0.05) is 33.2 Å². The van der Waals surface area contributed by atoms with Gasteiger partial charge >= 0.3 is 0 Å². The highest BCUT2D eigenvalue weighted by molar-refractivity contribution is 6.27. The Morgan fingerprint density at radius 1 is 1.30 bits per heavy atom.